The Morgan fingerprint density at radius 1 is 1.25 bits per heavy atom. The highest BCUT2D eigenvalue weighted by Gasteiger charge is 2.36. The summed E-state index contributed by atoms with van der Waals surface area (Å²) in [6.07, 6.45) is 8.24. The fourth-order valence-corrected chi connectivity index (χ4v) is 3.65. The van der Waals surface area contributed by atoms with Gasteiger partial charge in [-0.1, -0.05) is 26.2 Å². The first-order valence-corrected chi connectivity index (χ1v) is 7.93. The third kappa shape index (κ3) is 3.44. The zero-order valence-corrected chi connectivity index (χ0v) is 12.3. The normalized spacial score (nSPS) is 27.6. The first-order valence-electron chi connectivity index (χ1n) is 7.93. The first kappa shape index (κ1) is 15.1. The Labute approximate surface area is 120 Å². The minimum atomic E-state index is -0.933. The minimum Gasteiger partial charge on any atom is -0.480 e. The fraction of sp³-hybridized carbons (Fsp3) is 0.867. The number of hydrogen-bond acceptors (Lipinski definition) is 2. The quantitative estimate of drug-likeness (QED) is 0.832. The zero-order chi connectivity index (χ0) is 14.5. The minimum absolute atomic E-state index is 0.178. The van der Waals surface area contributed by atoms with E-state index < -0.39 is 12.0 Å². The van der Waals surface area contributed by atoms with Gasteiger partial charge in [-0.05, 0) is 38.0 Å². The molecule has 3 atom stereocenters. The van der Waals surface area contributed by atoms with Crippen molar-refractivity contribution in [2.45, 2.75) is 70.4 Å². The summed E-state index contributed by atoms with van der Waals surface area (Å²) in [4.78, 5) is 25.5. The summed E-state index contributed by atoms with van der Waals surface area (Å²) in [5.41, 5.74) is 0. The Kier molecular flexibility index (Phi) is 5.26. The van der Waals surface area contributed by atoms with Crippen LogP contribution in [-0.4, -0.2) is 40.6 Å². The number of likely N-dealkylation sites (tertiary alicyclic amines) is 1. The average molecular weight is 282 g/mol. The van der Waals surface area contributed by atoms with Crippen LogP contribution in [0.25, 0.3) is 0 Å². The third-order valence-electron chi connectivity index (χ3n) is 4.68. The monoisotopic (exact) mass is 282 g/mol. The lowest BCUT2D eigenvalue weighted by atomic mass is 9.78. The molecule has 2 rings (SSSR count). The van der Waals surface area contributed by atoms with Crippen LogP contribution in [-0.2, 0) is 4.79 Å². The molecule has 0 unspecified atom stereocenters. The van der Waals surface area contributed by atoms with Crippen LogP contribution < -0.4 is 5.32 Å². The second-order valence-electron chi connectivity index (χ2n) is 6.08. The smallest absolute Gasteiger partial charge is 0.326 e. The van der Waals surface area contributed by atoms with E-state index in [-0.39, 0.29) is 6.03 Å². The van der Waals surface area contributed by atoms with Crippen LogP contribution in [0.3, 0.4) is 0 Å². The number of rotatable bonds is 4. The number of fused-ring (bicyclic) bond motifs is 1. The van der Waals surface area contributed by atoms with Gasteiger partial charge in [0.05, 0.1) is 0 Å². The van der Waals surface area contributed by atoms with Crippen LogP contribution in [0.2, 0.25) is 0 Å². The van der Waals surface area contributed by atoms with Crippen LogP contribution in [0.15, 0.2) is 0 Å². The Bertz CT molecular complexity index is 357. The molecule has 2 aliphatic rings. The van der Waals surface area contributed by atoms with Gasteiger partial charge in [0.15, 0.2) is 0 Å². The van der Waals surface area contributed by atoms with Crippen molar-refractivity contribution in [1.29, 1.82) is 0 Å². The van der Waals surface area contributed by atoms with Crippen molar-refractivity contribution in [3.8, 4) is 0 Å². The number of carboxylic acid groups (broad SMARTS) is 1. The van der Waals surface area contributed by atoms with Crippen molar-refractivity contribution in [1.82, 2.24) is 10.2 Å². The van der Waals surface area contributed by atoms with E-state index in [9.17, 15) is 9.59 Å². The van der Waals surface area contributed by atoms with Crippen molar-refractivity contribution < 1.29 is 14.7 Å². The van der Waals surface area contributed by atoms with Gasteiger partial charge in [-0.3, -0.25) is 0 Å². The lowest BCUT2D eigenvalue weighted by molar-refractivity contribution is -0.139. The summed E-state index contributed by atoms with van der Waals surface area (Å²) in [6.45, 7) is 2.70. The van der Waals surface area contributed by atoms with Gasteiger partial charge in [-0.25, -0.2) is 9.59 Å². The highest BCUT2D eigenvalue weighted by Crippen LogP contribution is 2.35. The Balaban J connectivity index is 1.97. The highest BCUT2D eigenvalue weighted by atomic mass is 16.4. The first-order chi connectivity index (χ1) is 9.63. The van der Waals surface area contributed by atoms with E-state index in [4.69, 9.17) is 5.11 Å². The molecular weight excluding hydrogens is 256 g/mol. The van der Waals surface area contributed by atoms with Gasteiger partial charge in [-0.2, -0.15) is 0 Å². The molecule has 0 radical (unpaired) electrons. The molecule has 1 aliphatic carbocycles. The molecule has 0 aromatic carbocycles. The van der Waals surface area contributed by atoms with Crippen LogP contribution in [0, 0.1) is 5.92 Å². The maximum absolute atomic E-state index is 12.4. The van der Waals surface area contributed by atoms with Crippen molar-refractivity contribution in [3.63, 3.8) is 0 Å². The van der Waals surface area contributed by atoms with Crippen molar-refractivity contribution in [3.05, 3.63) is 0 Å². The number of amides is 2. The van der Waals surface area contributed by atoms with Crippen molar-refractivity contribution >= 4 is 12.0 Å². The molecule has 1 aliphatic heterocycles. The largest absolute Gasteiger partial charge is 0.480 e. The standard InChI is InChI=1S/C15H26N2O3/c1-2-6-12(14(18)19)16-15(20)17-10-5-8-11-7-3-4-9-13(11)17/h11-13H,2-10H2,1H3,(H,16,20)(H,18,19)/t11-,12+,13-/m1/s1. The molecular formula is C15H26N2O3. The molecule has 2 amide bonds. The maximum Gasteiger partial charge on any atom is 0.326 e. The fourth-order valence-electron chi connectivity index (χ4n) is 3.65. The summed E-state index contributed by atoms with van der Waals surface area (Å²) in [5, 5.41) is 11.9. The molecule has 0 aromatic rings. The molecule has 2 N–H and O–H groups in total. The number of piperidine rings is 1. The number of nitrogens with one attached hydrogen (secondary N) is 1. The van der Waals surface area contributed by atoms with Crippen molar-refractivity contribution in [2.24, 2.45) is 5.92 Å². The lowest BCUT2D eigenvalue weighted by Crippen LogP contribution is -2.55. The van der Waals surface area contributed by atoms with Gasteiger partial charge in [0.25, 0.3) is 0 Å². The Morgan fingerprint density at radius 3 is 2.65 bits per heavy atom. The van der Waals surface area contributed by atoms with E-state index in [1.165, 1.54) is 25.7 Å². The third-order valence-corrected chi connectivity index (χ3v) is 4.68. The van der Waals surface area contributed by atoms with Gasteiger partial charge in [0, 0.05) is 12.6 Å². The molecule has 20 heavy (non-hydrogen) atoms. The average Bonchev–Trinajstić information content (AvgIpc) is 2.46. The van der Waals surface area contributed by atoms with E-state index in [2.05, 4.69) is 5.32 Å². The lowest BCUT2D eigenvalue weighted by Gasteiger charge is -2.44. The number of carboxylic acids is 1. The summed E-state index contributed by atoms with van der Waals surface area (Å²) < 4.78 is 0. The van der Waals surface area contributed by atoms with E-state index >= 15 is 0 Å². The molecule has 1 heterocycles. The number of urea groups is 1. The second kappa shape index (κ2) is 6.95. The molecule has 0 bridgehead atoms. The van der Waals surface area contributed by atoms with Gasteiger partial charge in [0.1, 0.15) is 6.04 Å². The maximum atomic E-state index is 12.4. The number of carbonyl (C=O) groups is 2. The number of aliphatic carboxylic acids is 1. The molecule has 5 nitrogen and oxygen atoms in total. The van der Waals surface area contributed by atoms with Crippen LogP contribution >= 0.6 is 0 Å². The molecule has 0 aromatic heterocycles. The van der Waals surface area contributed by atoms with Gasteiger partial charge in [-0.15, -0.1) is 0 Å². The predicted molar refractivity (Wildman–Crippen MR) is 76.5 cm³/mol. The molecule has 2 fully saturated rings. The van der Waals surface area contributed by atoms with E-state index in [1.54, 1.807) is 0 Å². The molecule has 114 valence electrons. The summed E-state index contributed by atoms with van der Waals surface area (Å²) in [5.74, 6) is -0.310. The summed E-state index contributed by atoms with van der Waals surface area (Å²) in [6, 6.07) is -0.604. The number of carbonyl (C=O) groups excluding carboxylic acids is 1. The van der Waals surface area contributed by atoms with Gasteiger partial charge in [0.2, 0.25) is 0 Å². The molecule has 0 spiro atoms. The molecule has 1 saturated heterocycles. The molecule has 1 saturated carbocycles. The number of hydrogen-bond donors (Lipinski definition) is 2. The van der Waals surface area contributed by atoms with Crippen LogP contribution in [0.4, 0.5) is 4.79 Å². The number of nitrogens with zero attached hydrogens (tertiary/aromatic N) is 1. The predicted octanol–water partition coefficient (Wildman–Crippen LogP) is 2.60. The Morgan fingerprint density at radius 2 is 1.95 bits per heavy atom. The van der Waals surface area contributed by atoms with Gasteiger partial charge < -0.3 is 15.3 Å². The van der Waals surface area contributed by atoms with E-state index in [0.717, 1.165) is 25.8 Å². The van der Waals surface area contributed by atoms with Crippen LogP contribution in [0.1, 0.15) is 58.3 Å². The van der Waals surface area contributed by atoms with E-state index in [1.807, 2.05) is 11.8 Å². The highest BCUT2D eigenvalue weighted by molar-refractivity contribution is 5.82. The summed E-state index contributed by atoms with van der Waals surface area (Å²) in [7, 11) is 0. The zero-order valence-electron chi connectivity index (χ0n) is 12.3. The van der Waals surface area contributed by atoms with Crippen LogP contribution in [0.5, 0.6) is 0 Å². The van der Waals surface area contributed by atoms with E-state index in [0.29, 0.717) is 18.4 Å². The topological polar surface area (TPSA) is 69.6 Å². The summed E-state index contributed by atoms with van der Waals surface area (Å²) >= 11 is 0. The molecule has 5 heteroatoms. The SMILES string of the molecule is CCC[C@H](NC(=O)N1CCC[C@H]2CCCC[C@H]21)C(=O)O. The second-order valence-corrected chi connectivity index (χ2v) is 6.08. The Hall–Kier alpha value is -1.26. The van der Waals surface area contributed by atoms with Crippen molar-refractivity contribution in [2.75, 3.05) is 6.54 Å². The van der Waals surface area contributed by atoms with Gasteiger partial charge >= 0.3 is 12.0 Å².